The summed E-state index contributed by atoms with van der Waals surface area (Å²) in [6, 6.07) is 5.76. The van der Waals surface area contributed by atoms with Crippen molar-refractivity contribution in [2.24, 2.45) is 0 Å². The Kier molecular flexibility index (Phi) is 4.04. The molecule has 3 heterocycles. The van der Waals surface area contributed by atoms with Crippen molar-refractivity contribution < 1.29 is 23.4 Å². The van der Waals surface area contributed by atoms with Gasteiger partial charge in [-0.25, -0.2) is 0 Å². The average Bonchev–Trinajstić information content (AvgIpc) is 3.27. The maximum absolute atomic E-state index is 11.9. The van der Waals surface area contributed by atoms with Gasteiger partial charge in [0.2, 0.25) is 5.89 Å². The van der Waals surface area contributed by atoms with Gasteiger partial charge in [0, 0.05) is 6.61 Å². The van der Waals surface area contributed by atoms with Crippen molar-refractivity contribution in [2.75, 3.05) is 25.1 Å². The third-order valence-corrected chi connectivity index (χ3v) is 3.88. The zero-order valence-electron chi connectivity index (χ0n) is 13.0. The second-order valence-electron chi connectivity index (χ2n) is 5.65. The van der Waals surface area contributed by atoms with Crippen molar-refractivity contribution >= 4 is 11.9 Å². The fraction of sp³-hybridized carbons (Fsp3) is 0.438. The predicted molar refractivity (Wildman–Crippen MR) is 82.1 cm³/mol. The van der Waals surface area contributed by atoms with Gasteiger partial charge < -0.3 is 18.6 Å². The summed E-state index contributed by atoms with van der Waals surface area (Å²) in [6.07, 6.45) is 1.61. The van der Waals surface area contributed by atoms with E-state index in [-0.39, 0.29) is 11.9 Å². The summed E-state index contributed by atoms with van der Waals surface area (Å²) < 4.78 is 21.8. The van der Waals surface area contributed by atoms with E-state index < -0.39 is 6.10 Å². The number of hydrogen-bond donors (Lipinski definition) is 1. The molecule has 1 aromatic heterocycles. The molecule has 4 rings (SSSR count). The van der Waals surface area contributed by atoms with Gasteiger partial charge in [-0.3, -0.25) is 10.1 Å². The van der Waals surface area contributed by atoms with Crippen molar-refractivity contribution in [2.45, 2.75) is 25.4 Å². The number of rotatable bonds is 4. The monoisotopic (exact) mass is 331 g/mol. The number of ether oxygens (including phenoxy) is 3. The SMILES string of the molecule is O=C(Nc1nnc(Cc2ccc3c(c2)OCCO3)o1)C1CCCO1. The van der Waals surface area contributed by atoms with Crippen LogP contribution in [0.15, 0.2) is 22.6 Å². The van der Waals surface area contributed by atoms with Gasteiger partial charge in [-0.05, 0) is 30.5 Å². The predicted octanol–water partition coefficient (Wildman–Crippen LogP) is 1.55. The second-order valence-corrected chi connectivity index (χ2v) is 5.65. The van der Waals surface area contributed by atoms with Crippen LogP contribution in [0.4, 0.5) is 6.01 Å². The van der Waals surface area contributed by atoms with E-state index in [1.807, 2.05) is 18.2 Å². The molecule has 0 saturated carbocycles. The zero-order valence-corrected chi connectivity index (χ0v) is 13.0. The molecule has 1 N–H and O–H groups in total. The minimum Gasteiger partial charge on any atom is -0.486 e. The Bertz CT molecular complexity index is 739. The highest BCUT2D eigenvalue weighted by Crippen LogP contribution is 2.31. The smallest absolute Gasteiger partial charge is 0.322 e. The molecule has 1 unspecified atom stereocenters. The van der Waals surface area contributed by atoms with E-state index in [1.54, 1.807) is 0 Å². The lowest BCUT2D eigenvalue weighted by molar-refractivity contribution is -0.124. The van der Waals surface area contributed by atoms with Crippen LogP contribution in [0.1, 0.15) is 24.3 Å². The summed E-state index contributed by atoms with van der Waals surface area (Å²) in [4.78, 5) is 11.9. The first-order valence-electron chi connectivity index (χ1n) is 7.91. The lowest BCUT2D eigenvalue weighted by Crippen LogP contribution is -2.26. The molecule has 2 aliphatic rings. The fourth-order valence-corrected chi connectivity index (χ4v) is 2.72. The van der Waals surface area contributed by atoms with E-state index in [0.29, 0.717) is 44.3 Å². The van der Waals surface area contributed by atoms with E-state index in [2.05, 4.69) is 15.5 Å². The highest BCUT2D eigenvalue weighted by Gasteiger charge is 2.25. The Morgan fingerprint density at radius 1 is 1.17 bits per heavy atom. The minimum atomic E-state index is -0.432. The average molecular weight is 331 g/mol. The summed E-state index contributed by atoms with van der Waals surface area (Å²) in [5.74, 6) is 1.61. The molecule has 0 spiro atoms. The van der Waals surface area contributed by atoms with Gasteiger partial charge in [-0.15, -0.1) is 5.10 Å². The molecule has 126 valence electrons. The summed E-state index contributed by atoms with van der Waals surface area (Å²) in [5, 5.41) is 10.4. The fourth-order valence-electron chi connectivity index (χ4n) is 2.72. The van der Waals surface area contributed by atoms with Crippen LogP contribution in [-0.4, -0.2) is 42.0 Å². The van der Waals surface area contributed by atoms with Gasteiger partial charge >= 0.3 is 6.01 Å². The van der Waals surface area contributed by atoms with Gasteiger partial charge in [0.25, 0.3) is 5.91 Å². The maximum atomic E-state index is 11.9. The minimum absolute atomic E-state index is 0.0862. The number of carbonyl (C=O) groups is 1. The highest BCUT2D eigenvalue weighted by molar-refractivity contribution is 5.92. The standard InChI is InChI=1S/C16H17N3O5/c20-15(12-2-1-5-21-12)17-16-19-18-14(24-16)9-10-3-4-11-13(8-10)23-7-6-22-11/h3-4,8,12H,1-2,5-7,9H2,(H,17,19,20). The molecule has 2 aromatic rings. The Morgan fingerprint density at radius 3 is 2.88 bits per heavy atom. The molecule has 0 aliphatic carbocycles. The van der Waals surface area contributed by atoms with Gasteiger partial charge in [0.15, 0.2) is 11.5 Å². The van der Waals surface area contributed by atoms with Crippen LogP contribution in [0, 0.1) is 0 Å². The number of nitrogens with one attached hydrogen (secondary N) is 1. The number of nitrogens with zero attached hydrogens (tertiary/aromatic N) is 2. The van der Waals surface area contributed by atoms with Crippen LogP contribution in [0.25, 0.3) is 0 Å². The molecule has 24 heavy (non-hydrogen) atoms. The lowest BCUT2D eigenvalue weighted by atomic mass is 10.1. The quantitative estimate of drug-likeness (QED) is 0.908. The van der Waals surface area contributed by atoms with Crippen molar-refractivity contribution in [3.05, 3.63) is 29.7 Å². The van der Waals surface area contributed by atoms with Gasteiger partial charge in [-0.2, -0.15) is 0 Å². The molecule has 1 aromatic carbocycles. The first-order chi connectivity index (χ1) is 11.8. The van der Waals surface area contributed by atoms with Crippen molar-refractivity contribution in [1.29, 1.82) is 0 Å². The molecule has 0 bridgehead atoms. The first-order valence-corrected chi connectivity index (χ1v) is 7.91. The Labute approximate surface area is 138 Å². The topological polar surface area (TPSA) is 95.7 Å². The van der Waals surface area contributed by atoms with E-state index >= 15 is 0 Å². The third-order valence-electron chi connectivity index (χ3n) is 3.88. The normalized spacial score (nSPS) is 19.2. The third kappa shape index (κ3) is 3.18. The van der Waals surface area contributed by atoms with E-state index in [0.717, 1.165) is 17.7 Å². The van der Waals surface area contributed by atoms with Crippen LogP contribution < -0.4 is 14.8 Å². The van der Waals surface area contributed by atoms with Crippen molar-refractivity contribution in [3.8, 4) is 11.5 Å². The molecule has 1 amide bonds. The number of carbonyl (C=O) groups excluding carboxylic acids is 1. The lowest BCUT2D eigenvalue weighted by Gasteiger charge is -2.18. The molecule has 8 nitrogen and oxygen atoms in total. The summed E-state index contributed by atoms with van der Waals surface area (Å²) >= 11 is 0. The largest absolute Gasteiger partial charge is 0.486 e. The number of anilines is 1. The molecular formula is C16H17N3O5. The summed E-state index contributed by atoms with van der Waals surface area (Å²) in [7, 11) is 0. The molecular weight excluding hydrogens is 314 g/mol. The Morgan fingerprint density at radius 2 is 2.04 bits per heavy atom. The molecule has 1 atom stereocenters. The van der Waals surface area contributed by atoms with Crippen LogP contribution in [0.2, 0.25) is 0 Å². The summed E-state index contributed by atoms with van der Waals surface area (Å²) in [6.45, 7) is 1.71. The molecule has 2 aliphatic heterocycles. The molecule has 1 fully saturated rings. The van der Waals surface area contributed by atoms with E-state index in [4.69, 9.17) is 18.6 Å². The summed E-state index contributed by atoms with van der Waals surface area (Å²) in [5.41, 5.74) is 0.958. The number of fused-ring (bicyclic) bond motifs is 1. The second kappa shape index (κ2) is 6.48. The number of benzene rings is 1. The Balaban J connectivity index is 1.40. The van der Waals surface area contributed by atoms with Gasteiger partial charge in [0.05, 0.1) is 6.42 Å². The van der Waals surface area contributed by atoms with Gasteiger partial charge in [-0.1, -0.05) is 11.2 Å². The maximum Gasteiger partial charge on any atom is 0.322 e. The molecule has 0 radical (unpaired) electrons. The Hall–Kier alpha value is -2.61. The first kappa shape index (κ1) is 14.9. The van der Waals surface area contributed by atoms with Crippen LogP contribution in [-0.2, 0) is 16.0 Å². The van der Waals surface area contributed by atoms with Crippen LogP contribution >= 0.6 is 0 Å². The number of aromatic nitrogens is 2. The molecule has 1 saturated heterocycles. The van der Waals surface area contributed by atoms with Crippen molar-refractivity contribution in [1.82, 2.24) is 10.2 Å². The van der Waals surface area contributed by atoms with Gasteiger partial charge in [0.1, 0.15) is 19.3 Å². The van der Waals surface area contributed by atoms with Crippen LogP contribution in [0.5, 0.6) is 11.5 Å². The highest BCUT2D eigenvalue weighted by atomic mass is 16.6. The zero-order chi connectivity index (χ0) is 16.4. The van der Waals surface area contributed by atoms with E-state index in [9.17, 15) is 4.79 Å². The van der Waals surface area contributed by atoms with Crippen LogP contribution in [0.3, 0.4) is 0 Å². The van der Waals surface area contributed by atoms with Crippen molar-refractivity contribution in [3.63, 3.8) is 0 Å². The number of hydrogen-bond acceptors (Lipinski definition) is 7. The van der Waals surface area contributed by atoms with E-state index in [1.165, 1.54) is 0 Å². The molecule has 8 heteroatoms. The number of amides is 1.